The predicted molar refractivity (Wildman–Crippen MR) is 117 cm³/mol. The Morgan fingerprint density at radius 1 is 1.10 bits per heavy atom. The minimum absolute atomic E-state index is 0.0558. The third kappa shape index (κ3) is 3.33. The molecule has 4 nitrogen and oxygen atoms in total. The van der Waals surface area contributed by atoms with Crippen molar-refractivity contribution in [2.75, 3.05) is 0 Å². The fourth-order valence-electron chi connectivity index (χ4n) is 3.50. The maximum Gasteiger partial charge on any atom is 0.194 e. The molecule has 0 saturated heterocycles. The number of hydrogen-bond donors (Lipinski definition) is 0. The first kappa shape index (κ1) is 19.4. The van der Waals surface area contributed by atoms with Crippen molar-refractivity contribution >= 4 is 28.8 Å². The van der Waals surface area contributed by atoms with Gasteiger partial charge in [0.2, 0.25) is 0 Å². The second-order valence-corrected chi connectivity index (χ2v) is 8.01. The van der Waals surface area contributed by atoms with E-state index in [0.717, 1.165) is 26.7 Å². The molecule has 0 fully saturated rings. The number of Topliss-reactive ketones (excluding diaryl/α,β-unsaturated/α-hetero) is 1. The Balaban J connectivity index is 1.79. The van der Waals surface area contributed by atoms with Crippen LogP contribution in [-0.4, -0.2) is 5.78 Å². The van der Waals surface area contributed by atoms with Gasteiger partial charge in [-0.25, -0.2) is 0 Å². The number of benzene rings is 1. The summed E-state index contributed by atoms with van der Waals surface area (Å²) in [6.07, 6.45) is 5.42. The number of hydrogen-bond acceptors (Lipinski definition) is 5. The minimum Gasteiger partial charge on any atom is -0.464 e. The summed E-state index contributed by atoms with van der Waals surface area (Å²) >= 11 is 1.61. The van der Waals surface area contributed by atoms with Crippen molar-refractivity contribution in [3.8, 4) is 22.8 Å². The van der Waals surface area contributed by atoms with Crippen molar-refractivity contribution in [1.82, 2.24) is 0 Å². The largest absolute Gasteiger partial charge is 0.464 e. The Morgan fingerprint density at radius 2 is 1.83 bits per heavy atom. The highest BCUT2D eigenvalue weighted by Crippen LogP contribution is 2.39. The molecule has 0 amide bonds. The summed E-state index contributed by atoms with van der Waals surface area (Å²) in [5, 5.41) is 18.8. The van der Waals surface area contributed by atoms with Gasteiger partial charge in [0.15, 0.2) is 5.78 Å². The van der Waals surface area contributed by atoms with Crippen LogP contribution in [-0.2, 0) is 0 Å². The lowest BCUT2D eigenvalue weighted by Gasteiger charge is -2.02. The summed E-state index contributed by atoms with van der Waals surface area (Å²) in [6, 6.07) is 16.8. The van der Waals surface area contributed by atoms with Crippen LogP contribution in [0.2, 0.25) is 0 Å². The molecule has 0 unspecified atom stereocenters. The highest BCUT2D eigenvalue weighted by molar-refractivity contribution is 7.16. The maximum atomic E-state index is 13.0. The lowest BCUT2D eigenvalue weighted by atomic mass is 9.98. The van der Waals surface area contributed by atoms with Gasteiger partial charge in [0.05, 0.1) is 11.1 Å². The van der Waals surface area contributed by atoms with Crippen molar-refractivity contribution in [3.05, 3.63) is 93.1 Å². The van der Waals surface area contributed by atoms with Crippen molar-refractivity contribution in [3.63, 3.8) is 0 Å². The van der Waals surface area contributed by atoms with Crippen molar-refractivity contribution in [1.29, 1.82) is 10.5 Å². The number of thiophene rings is 1. The first-order valence-corrected chi connectivity index (χ1v) is 10.1. The molecular formula is C25H16N2O2S. The average molecular weight is 408 g/mol. The number of furan rings is 1. The van der Waals surface area contributed by atoms with Crippen LogP contribution in [0.3, 0.4) is 0 Å². The molecule has 0 saturated carbocycles. The van der Waals surface area contributed by atoms with Gasteiger partial charge in [-0.05, 0) is 60.9 Å². The molecule has 0 radical (unpaired) electrons. The summed E-state index contributed by atoms with van der Waals surface area (Å²) < 4.78 is 5.48. The van der Waals surface area contributed by atoms with Gasteiger partial charge >= 0.3 is 0 Å². The molecule has 30 heavy (non-hydrogen) atoms. The van der Waals surface area contributed by atoms with E-state index in [-0.39, 0.29) is 11.4 Å². The summed E-state index contributed by atoms with van der Waals surface area (Å²) in [7, 11) is 0. The third-order valence-electron chi connectivity index (χ3n) is 4.88. The smallest absolute Gasteiger partial charge is 0.194 e. The molecule has 0 N–H and O–H groups in total. The van der Waals surface area contributed by atoms with Gasteiger partial charge in [0.1, 0.15) is 23.5 Å². The minimum atomic E-state index is -0.171. The summed E-state index contributed by atoms with van der Waals surface area (Å²) in [4.78, 5) is 15.1. The molecular weight excluding hydrogens is 392 g/mol. The summed E-state index contributed by atoms with van der Waals surface area (Å²) in [6.45, 7) is 3.94. The number of ketones is 1. The van der Waals surface area contributed by atoms with Crippen molar-refractivity contribution in [2.45, 2.75) is 13.8 Å². The first-order chi connectivity index (χ1) is 14.5. The van der Waals surface area contributed by atoms with Crippen LogP contribution in [0, 0.1) is 29.6 Å². The van der Waals surface area contributed by atoms with E-state index in [0.29, 0.717) is 22.3 Å². The second kappa shape index (κ2) is 7.83. The normalized spacial score (nSPS) is 14.5. The first-order valence-electron chi connectivity index (χ1n) is 9.26. The van der Waals surface area contributed by atoms with Crippen LogP contribution in [0.5, 0.6) is 0 Å². The Morgan fingerprint density at radius 3 is 2.50 bits per heavy atom. The third-order valence-corrected chi connectivity index (χ3v) is 6.08. The number of aryl methyl sites for hydroxylation is 1. The molecule has 144 valence electrons. The monoisotopic (exact) mass is 408 g/mol. The fourth-order valence-corrected chi connectivity index (χ4v) is 4.66. The van der Waals surface area contributed by atoms with Crippen molar-refractivity contribution < 1.29 is 9.21 Å². The quantitative estimate of drug-likeness (QED) is 0.374. The van der Waals surface area contributed by atoms with Gasteiger partial charge in [0, 0.05) is 21.6 Å². The summed E-state index contributed by atoms with van der Waals surface area (Å²) in [5.74, 6) is 0.647. The number of nitriles is 2. The number of rotatable bonds is 3. The maximum absolute atomic E-state index is 13.0. The number of fused-ring (bicyclic) bond motifs is 1. The van der Waals surface area contributed by atoms with Gasteiger partial charge in [-0.3, -0.25) is 4.79 Å². The topological polar surface area (TPSA) is 77.8 Å². The van der Waals surface area contributed by atoms with Crippen LogP contribution in [0.15, 0.2) is 75.9 Å². The Labute approximate surface area is 178 Å². The molecule has 1 aromatic carbocycles. The number of carbonyl (C=O) groups is 1. The lowest BCUT2D eigenvalue weighted by molar-refractivity contribution is 0.104. The van der Waals surface area contributed by atoms with E-state index >= 15 is 0 Å². The molecule has 4 rings (SSSR count). The molecule has 0 aliphatic heterocycles. The molecule has 2 heterocycles. The van der Waals surface area contributed by atoms with Crippen molar-refractivity contribution in [2.24, 2.45) is 0 Å². The van der Waals surface area contributed by atoms with Gasteiger partial charge in [-0.2, -0.15) is 10.5 Å². The number of nitrogens with zero attached hydrogens (tertiary/aromatic N) is 2. The number of carbonyl (C=O) groups excluding carboxylic acids is 1. The van der Waals surface area contributed by atoms with Gasteiger partial charge < -0.3 is 4.42 Å². The predicted octanol–water partition coefficient (Wildman–Crippen LogP) is 6.34. The van der Waals surface area contributed by atoms with Crippen LogP contribution in [0.25, 0.3) is 22.3 Å². The molecule has 0 bridgehead atoms. The van der Waals surface area contributed by atoms with E-state index in [9.17, 15) is 15.3 Å². The highest BCUT2D eigenvalue weighted by Gasteiger charge is 2.32. The van der Waals surface area contributed by atoms with Gasteiger partial charge in [-0.1, -0.05) is 24.3 Å². The zero-order chi connectivity index (χ0) is 21.3. The van der Waals surface area contributed by atoms with Crippen LogP contribution in [0.4, 0.5) is 0 Å². The zero-order valence-electron chi connectivity index (χ0n) is 16.4. The lowest BCUT2D eigenvalue weighted by Crippen LogP contribution is -1.96. The van der Waals surface area contributed by atoms with E-state index in [1.807, 2.05) is 44.2 Å². The highest BCUT2D eigenvalue weighted by atomic mass is 32.1. The van der Waals surface area contributed by atoms with E-state index < -0.39 is 0 Å². The SMILES string of the molecule is CC(/C=C1\C(=O)c2ccccc2C1=C(C#N)C#N)=C\c1sc(-c2ccco2)cc1C. The Hall–Kier alpha value is -3.93. The van der Waals surface area contributed by atoms with E-state index in [1.54, 1.807) is 47.9 Å². The molecule has 5 heteroatoms. The van der Waals surface area contributed by atoms with Crippen LogP contribution < -0.4 is 0 Å². The molecule has 3 aromatic rings. The second-order valence-electron chi connectivity index (χ2n) is 6.93. The van der Waals surface area contributed by atoms with E-state index in [1.165, 1.54) is 0 Å². The fraction of sp³-hybridized carbons (Fsp3) is 0.0800. The van der Waals surface area contributed by atoms with E-state index in [2.05, 4.69) is 6.07 Å². The number of allylic oxidation sites excluding steroid dienone is 5. The van der Waals surface area contributed by atoms with Gasteiger partial charge in [0.25, 0.3) is 0 Å². The summed E-state index contributed by atoms with van der Waals surface area (Å²) in [5.41, 5.74) is 3.84. The van der Waals surface area contributed by atoms with Crippen LogP contribution >= 0.6 is 11.3 Å². The van der Waals surface area contributed by atoms with Crippen LogP contribution in [0.1, 0.15) is 33.3 Å². The molecule has 2 aromatic heterocycles. The molecule has 0 spiro atoms. The zero-order valence-corrected chi connectivity index (χ0v) is 17.2. The van der Waals surface area contributed by atoms with Gasteiger partial charge in [-0.15, -0.1) is 11.3 Å². The van der Waals surface area contributed by atoms with E-state index in [4.69, 9.17) is 4.42 Å². The molecule has 0 atom stereocenters. The average Bonchev–Trinajstić information content (AvgIpc) is 3.45. The standard InChI is InChI=1S/C25H16N2O2S/c1-15(11-22-16(2)12-23(30-22)21-8-5-9-29-21)10-20-24(17(13-26)14-27)18-6-3-4-7-19(18)25(20)28/h3-12H,1-2H3/b15-11+,20-10-. The molecule has 1 aliphatic carbocycles. The molecule has 1 aliphatic rings. The Kier molecular flexibility index (Phi) is 5.06. The Bertz CT molecular complexity index is 1320.